The zero-order chi connectivity index (χ0) is 19.3. The molecule has 0 aliphatic heterocycles. The molecule has 144 valence electrons. The number of amides is 2. The summed E-state index contributed by atoms with van der Waals surface area (Å²) in [5.74, 6) is -0.0466. The van der Waals surface area contributed by atoms with E-state index in [0.717, 1.165) is 48.3 Å². The van der Waals surface area contributed by atoms with Crippen LogP contribution in [0.15, 0.2) is 48.5 Å². The van der Waals surface area contributed by atoms with E-state index in [1.54, 1.807) is 35.6 Å². The minimum atomic E-state index is -0.0461. The predicted molar refractivity (Wildman–Crippen MR) is 113 cm³/mol. The number of para-hydroxylation sites is 1. The van der Waals surface area contributed by atoms with Gasteiger partial charge in [-0.3, -0.25) is 9.59 Å². The molecule has 3 aromatic rings. The molecule has 5 nitrogen and oxygen atoms in total. The predicted octanol–water partition coefficient (Wildman–Crippen LogP) is 4.54. The zero-order valence-electron chi connectivity index (χ0n) is 15.6. The van der Waals surface area contributed by atoms with E-state index in [2.05, 4.69) is 21.7 Å². The average Bonchev–Trinajstić information content (AvgIpc) is 3.41. The topological polar surface area (TPSA) is 71.1 Å². The maximum absolute atomic E-state index is 12.1. The lowest BCUT2D eigenvalue weighted by molar-refractivity contribution is -0.116. The number of aromatic nitrogens is 1. The Bertz CT molecular complexity index is 944. The molecule has 2 aromatic carbocycles. The molecule has 1 aliphatic rings. The molecule has 6 heteroatoms. The minimum Gasteiger partial charge on any atom is -0.349 e. The molecule has 1 fully saturated rings. The standard InChI is InChI=1S/C22H23N3O2S/c26-20(7-3-4-8-21-25-18-5-1-2-6-19(18)28-21)23-16-11-9-15(10-12-16)22(27)24-17-13-14-17/h1-2,5-6,9-12,17H,3-4,7-8,13-14H2,(H,23,26)(H,24,27). The Morgan fingerprint density at radius 1 is 1.04 bits per heavy atom. The Hall–Kier alpha value is -2.73. The van der Waals surface area contributed by atoms with E-state index < -0.39 is 0 Å². The fraction of sp³-hybridized carbons (Fsp3) is 0.318. The van der Waals surface area contributed by atoms with E-state index in [1.165, 1.54) is 4.70 Å². The van der Waals surface area contributed by atoms with E-state index in [4.69, 9.17) is 0 Å². The number of benzene rings is 2. The van der Waals surface area contributed by atoms with Crippen LogP contribution in [-0.2, 0) is 11.2 Å². The Morgan fingerprint density at radius 2 is 1.82 bits per heavy atom. The van der Waals surface area contributed by atoms with Crippen molar-refractivity contribution in [2.45, 2.75) is 44.6 Å². The summed E-state index contributed by atoms with van der Waals surface area (Å²) in [7, 11) is 0. The van der Waals surface area contributed by atoms with Crippen molar-refractivity contribution in [1.29, 1.82) is 0 Å². The van der Waals surface area contributed by atoms with Crippen LogP contribution in [0.2, 0.25) is 0 Å². The lowest BCUT2D eigenvalue weighted by Crippen LogP contribution is -2.25. The maximum atomic E-state index is 12.1. The van der Waals surface area contributed by atoms with Crippen molar-refractivity contribution in [3.63, 3.8) is 0 Å². The Kier molecular flexibility index (Phi) is 5.67. The van der Waals surface area contributed by atoms with Gasteiger partial charge in [0.05, 0.1) is 15.2 Å². The van der Waals surface area contributed by atoms with Crippen molar-refractivity contribution in [1.82, 2.24) is 10.3 Å². The van der Waals surface area contributed by atoms with Crippen LogP contribution in [-0.4, -0.2) is 22.8 Å². The van der Waals surface area contributed by atoms with E-state index in [1.807, 2.05) is 18.2 Å². The van der Waals surface area contributed by atoms with Crippen LogP contribution in [0.4, 0.5) is 5.69 Å². The van der Waals surface area contributed by atoms with E-state index in [0.29, 0.717) is 18.0 Å². The first-order valence-electron chi connectivity index (χ1n) is 9.72. The second-order valence-electron chi connectivity index (χ2n) is 7.16. The summed E-state index contributed by atoms with van der Waals surface area (Å²) in [6.45, 7) is 0. The number of fused-ring (bicyclic) bond motifs is 1. The molecule has 0 saturated heterocycles. The molecule has 0 radical (unpaired) electrons. The van der Waals surface area contributed by atoms with Gasteiger partial charge in [0.2, 0.25) is 5.91 Å². The van der Waals surface area contributed by atoms with Crippen LogP contribution >= 0.6 is 11.3 Å². The fourth-order valence-electron chi connectivity index (χ4n) is 3.01. The molecule has 1 heterocycles. The van der Waals surface area contributed by atoms with Crippen molar-refractivity contribution < 1.29 is 9.59 Å². The summed E-state index contributed by atoms with van der Waals surface area (Å²) < 4.78 is 1.21. The smallest absolute Gasteiger partial charge is 0.251 e. The quantitative estimate of drug-likeness (QED) is 0.552. The second-order valence-corrected chi connectivity index (χ2v) is 8.27. The average molecular weight is 394 g/mol. The molecule has 4 rings (SSSR count). The van der Waals surface area contributed by atoms with Gasteiger partial charge in [-0.25, -0.2) is 4.98 Å². The van der Waals surface area contributed by atoms with Gasteiger partial charge in [0, 0.05) is 23.7 Å². The lowest BCUT2D eigenvalue weighted by Gasteiger charge is -2.07. The van der Waals surface area contributed by atoms with E-state index in [-0.39, 0.29) is 11.8 Å². The van der Waals surface area contributed by atoms with Crippen LogP contribution in [0.1, 0.15) is 47.5 Å². The second kappa shape index (κ2) is 8.52. The number of thiazole rings is 1. The van der Waals surface area contributed by atoms with Crippen LogP contribution in [0.25, 0.3) is 10.2 Å². The number of aryl methyl sites for hydroxylation is 1. The van der Waals surface area contributed by atoms with Gasteiger partial charge in [-0.1, -0.05) is 12.1 Å². The molecule has 0 atom stereocenters. The highest BCUT2D eigenvalue weighted by Crippen LogP contribution is 2.23. The zero-order valence-corrected chi connectivity index (χ0v) is 16.4. The number of nitrogens with one attached hydrogen (secondary N) is 2. The maximum Gasteiger partial charge on any atom is 0.251 e. The number of carbonyl (C=O) groups is 2. The van der Waals surface area contributed by atoms with E-state index in [9.17, 15) is 9.59 Å². The third-order valence-electron chi connectivity index (χ3n) is 4.73. The van der Waals surface area contributed by atoms with E-state index >= 15 is 0 Å². The molecule has 2 amide bonds. The van der Waals surface area contributed by atoms with Crippen LogP contribution < -0.4 is 10.6 Å². The summed E-state index contributed by atoms with van der Waals surface area (Å²) in [6, 6.07) is 15.6. The minimum absolute atomic E-state index is 0.000480. The summed E-state index contributed by atoms with van der Waals surface area (Å²) in [5.41, 5.74) is 2.40. The van der Waals surface area contributed by atoms with Gasteiger partial charge in [0.25, 0.3) is 5.91 Å². The monoisotopic (exact) mass is 393 g/mol. The van der Waals surface area contributed by atoms with Gasteiger partial charge in [-0.2, -0.15) is 0 Å². The van der Waals surface area contributed by atoms with Crippen LogP contribution in [0.5, 0.6) is 0 Å². The highest BCUT2D eigenvalue weighted by atomic mass is 32.1. The largest absolute Gasteiger partial charge is 0.349 e. The van der Waals surface area contributed by atoms with Gasteiger partial charge >= 0.3 is 0 Å². The molecule has 0 unspecified atom stereocenters. The molecule has 0 bridgehead atoms. The Labute approximate surface area is 168 Å². The molecule has 2 N–H and O–H groups in total. The number of carbonyl (C=O) groups excluding carboxylic acids is 2. The van der Waals surface area contributed by atoms with Gasteiger partial charge in [0.1, 0.15) is 0 Å². The van der Waals surface area contributed by atoms with Crippen molar-refractivity contribution >= 4 is 39.1 Å². The normalized spacial score (nSPS) is 13.4. The first kappa shape index (κ1) is 18.6. The number of hydrogen-bond donors (Lipinski definition) is 2. The summed E-state index contributed by atoms with van der Waals surface area (Å²) in [4.78, 5) is 28.7. The highest BCUT2D eigenvalue weighted by molar-refractivity contribution is 7.18. The number of anilines is 1. The first-order chi connectivity index (χ1) is 13.7. The first-order valence-corrected chi connectivity index (χ1v) is 10.5. The van der Waals surface area contributed by atoms with Crippen molar-refractivity contribution in [2.24, 2.45) is 0 Å². The van der Waals surface area contributed by atoms with Crippen LogP contribution in [0, 0.1) is 0 Å². The molecule has 28 heavy (non-hydrogen) atoms. The lowest BCUT2D eigenvalue weighted by atomic mass is 10.1. The molecular weight excluding hydrogens is 370 g/mol. The third-order valence-corrected chi connectivity index (χ3v) is 5.82. The number of rotatable bonds is 8. The molecule has 1 aliphatic carbocycles. The molecule has 1 aromatic heterocycles. The summed E-state index contributed by atoms with van der Waals surface area (Å²) >= 11 is 1.73. The van der Waals surface area contributed by atoms with Gasteiger partial charge in [-0.05, 0) is 68.5 Å². The van der Waals surface area contributed by atoms with Gasteiger partial charge in [0.15, 0.2) is 0 Å². The van der Waals surface area contributed by atoms with Gasteiger partial charge in [-0.15, -0.1) is 11.3 Å². The Morgan fingerprint density at radius 3 is 2.57 bits per heavy atom. The van der Waals surface area contributed by atoms with Crippen LogP contribution in [0.3, 0.4) is 0 Å². The molecule has 1 saturated carbocycles. The van der Waals surface area contributed by atoms with Crippen molar-refractivity contribution in [3.05, 3.63) is 59.1 Å². The third kappa shape index (κ3) is 4.95. The number of unbranched alkanes of at least 4 members (excludes halogenated alkanes) is 1. The number of hydrogen-bond acceptors (Lipinski definition) is 4. The molecular formula is C22H23N3O2S. The fourth-order valence-corrected chi connectivity index (χ4v) is 4.02. The summed E-state index contributed by atoms with van der Waals surface area (Å²) in [6.07, 6.45) is 5.28. The summed E-state index contributed by atoms with van der Waals surface area (Å²) in [5, 5.41) is 6.98. The molecule has 0 spiro atoms. The van der Waals surface area contributed by atoms with Gasteiger partial charge < -0.3 is 10.6 Å². The highest BCUT2D eigenvalue weighted by Gasteiger charge is 2.23. The Balaban J connectivity index is 1.19. The van der Waals surface area contributed by atoms with Crippen molar-refractivity contribution in [2.75, 3.05) is 5.32 Å². The SMILES string of the molecule is O=C(CCCCc1nc2ccccc2s1)Nc1ccc(C(=O)NC2CC2)cc1. The number of nitrogens with zero attached hydrogens (tertiary/aromatic N) is 1. The van der Waals surface area contributed by atoms with Crippen molar-refractivity contribution in [3.8, 4) is 0 Å².